The predicted molar refractivity (Wildman–Crippen MR) is 126 cm³/mol. The fourth-order valence-electron chi connectivity index (χ4n) is 4.44. The van der Waals surface area contributed by atoms with Gasteiger partial charge in [-0.25, -0.2) is 0 Å². The van der Waals surface area contributed by atoms with E-state index in [1.54, 1.807) is 4.90 Å². The smallest absolute Gasteiger partial charge is 0.322 e. The number of carbonyl (C=O) groups excluding carboxylic acids is 2. The molecule has 1 fully saturated rings. The quantitative estimate of drug-likeness (QED) is 0.347. The van der Waals surface area contributed by atoms with Crippen LogP contribution >= 0.6 is 12.6 Å². The van der Waals surface area contributed by atoms with Crippen LogP contribution in [0.3, 0.4) is 0 Å². The van der Waals surface area contributed by atoms with E-state index in [1.807, 2.05) is 38.1 Å². The highest BCUT2D eigenvalue weighted by atomic mass is 32.1. The van der Waals surface area contributed by atoms with Crippen LogP contribution in [-0.4, -0.2) is 70.8 Å². The molecule has 0 saturated carbocycles. The van der Waals surface area contributed by atoms with Gasteiger partial charge >= 0.3 is 5.97 Å². The second-order valence-corrected chi connectivity index (χ2v) is 9.56. The number of hydrogen-bond donors (Lipinski definition) is 5. The number of rotatable bonds is 9. The lowest BCUT2D eigenvalue weighted by atomic mass is 9.90. The van der Waals surface area contributed by atoms with Crippen LogP contribution in [-0.2, 0) is 27.3 Å². The van der Waals surface area contributed by atoms with Crippen molar-refractivity contribution in [2.24, 2.45) is 5.92 Å². The lowest BCUT2D eigenvalue weighted by Gasteiger charge is -2.39. The Kier molecular flexibility index (Phi) is 8.56. The fourth-order valence-corrected chi connectivity index (χ4v) is 4.80. The Labute approximate surface area is 194 Å². The maximum absolute atomic E-state index is 13.8. The van der Waals surface area contributed by atoms with Crippen LogP contribution in [0.5, 0.6) is 0 Å². The Morgan fingerprint density at radius 3 is 2.62 bits per heavy atom. The van der Waals surface area contributed by atoms with Crippen LogP contribution in [0.25, 0.3) is 0 Å². The molecule has 2 heterocycles. The number of thiol groups is 1. The van der Waals surface area contributed by atoms with Gasteiger partial charge in [-0.1, -0.05) is 44.5 Å². The minimum Gasteiger partial charge on any atom is -0.480 e. The largest absolute Gasteiger partial charge is 0.480 e. The van der Waals surface area contributed by atoms with Crippen molar-refractivity contribution in [3.63, 3.8) is 0 Å². The first kappa shape index (κ1) is 24.5. The van der Waals surface area contributed by atoms with Crippen LogP contribution < -0.4 is 16.0 Å². The van der Waals surface area contributed by atoms with Gasteiger partial charge in [0.2, 0.25) is 11.8 Å². The van der Waals surface area contributed by atoms with Gasteiger partial charge in [0.1, 0.15) is 12.6 Å². The zero-order valence-corrected chi connectivity index (χ0v) is 19.6. The van der Waals surface area contributed by atoms with Crippen LogP contribution in [0.15, 0.2) is 24.3 Å². The maximum Gasteiger partial charge on any atom is 0.322 e. The molecule has 5 atom stereocenters. The van der Waals surface area contributed by atoms with Crippen molar-refractivity contribution in [2.45, 2.75) is 63.0 Å². The number of hydrogen-bond acceptors (Lipinski definition) is 6. The van der Waals surface area contributed by atoms with E-state index in [9.17, 15) is 14.4 Å². The molecule has 32 heavy (non-hydrogen) atoms. The molecule has 2 amide bonds. The second-order valence-electron chi connectivity index (χ2n) is 8.83. The Morgan fingerprint density at radius 2 is 2.00 bits per heavy atom. The molecule has 0 spiro atoms. The zero-order chi connectivity index (χ0) is 23.3. The highest BCUT2D eigenvalue weighted by molar-refractivity contribution is 7.81. The number of nitrogens with zero attached hydrogens (tertiary/aromatic N) is 1. The number of aliphatic carboxylic acids is 1. The van der Waals surface area contributed by atoms with Crippen LogP contribution in [0, 0.1) is 5.92 Å². The van der Waals surface area contributed by atoms with Gasteiger partial charge in [0, 0.05) is 37.3 Å². The molecule has 1 unspecified atom stereocenters. The first-order valence-corrected chi connectivity index (χ1v) is 11.8. The summed E-state index contributed by atoms with van der Waals surface area (Å²) >= 11 is 4.52. The lowest BCUT2D eigenvalue weighted by molar-refractivity contribution is -0.145. The van der Waals surface area contributed by atoms with E-state index in [2.05, 4.69) is 28.6 Å². The van der Waals surface area contributed by atoms with E-state index in [-0.39, 0.29) is 17.9 Å². The van der Waals surface area contributed by atoms with Crippen molar-refractivity contribution in [1.82, 2.24) is 20.9 Å². The number of carbonyl (C=O) groups is 3. The zero-order valence-electron chi connectivity index (χ0n) is 18.7. The normalized spacial score (nSPS) is 24.5. The van der Waals surface area contributed by atoms with Crippen molar-refractivity contribution >= 4 is 30.4 Å². The Bertz CT molecular complexity index is 836. The fraction of sp³-hybridized carbons (Fsp3) is 0.609. The molecule has 1 aromatic carbocycles. The molecule has 176 valence electrons. The molecule has 0 aliphatic carbocycles. The van der Waals surface area contributed by atoms with Crippen molar-refractivity contribution in [3.8, 4) is 0 Å². The van der Waals surface area contributed by atoms with E-state index >= 15 is 0 Å². The summed E-state index contributed by atoms with van der Waals surface area (Å²) in [6, 6.07) is 6.86. The van der Waals surface area contributed by atoms with E-state index < -0.39 is 30.5 Å². The highest BCUT2D eigenvalue weighted by Gasteiger charge is 2.39. The van der Waals surface area contributed by atoms with E-state index in [0.29, 0.717) is 24.8 Å². The molecule has 4 N–H and O–H groups in total. The van der Waals surface area contributed by atoms with E-state index in [0.717, 1.165) is 30.5 Å². The van der Waals surface area contributed by atoms with Gasteiger partial charge in [-0.3, -0.25) is 14.4 Å². The summed E-state index contributed by atoms with van der Waals surface area (Å²) in [7, 11) is 0. The molecule has 3 rings (SSSR count). The molecule has 0 bridgehead atoms. The minimum atomic E-state index is -1.11. The monoisotopic (exact) mass is 462 g/mol. The van der Waals surface area contributed by atoms with Crippen molar-refractivity contribution in [3.05, 3.63) is 35.4 Å². The van der Waals surface area contributed by atoms with Gasteiger partial charge in [0.05, 0.1) is 6.04 Å². The van der Waals surface area contributed by atoms with Crippen molar-refractivity contribution in [2.75, 3.05) is 19.6 Å². The Balaban J connectivity index is 1.80. The molecule has 1 aromatic rings. The Hall–Kier alpha value is -2.10. The van der Waals surface area contributed by atoms with Crippen LogP contribution in [0.4, 0.5) is 0 Å². The standard InChI is InChI=1S/C23H34N4O4S/c1-3-14(2)21(25-10-17-9-18(32)11-24-17)23(31)27-13-16-7-5-4-6-15(16)8-19(27)22(30)26-12-20(28)29/h4-7,14,17-19,21,24-25,32H,3,8-13H2,1-2H3,(H,26,30)(H,28,29)/t14?,17-,18-,19-,21-/m0/s1. The second kappa shape index (κ2) is 11.2. The van der Waals surface area contributed by atoms with Gasteiger partial charge in [0.15, 0.2) is 0 Å². The molecule has 9 heteroatoms. The number of fused-ring (bicyclic) bond motifs is 1. The predicted octanol–water partition coefficient (Wildman–Crippen LogP) is 0.805. The van der Waals surface area contributed by atoms with Crippen molar-refractivity contribution in [1.29, 1.82) is 0 Å². The summed E-state index contributed by atoms with van der Waals surface area (Å²) in [5.41, 5.74) is 2.02. The summed E-state index contributed by atoms with van der Waals surface area (Å²) < 4.78 is 0. The maximum atomic E-state index is 13.8. The molecule has 0 radical (unpaired) electrons. The van der Waals surface area contributed by atoms with Crippen molar-refractivity contribution < 1.29 is 19.5 Å². The number of nitrogens with one attached hydrogen (secondary N) is 3. The molecular weight excluding hydrogens is 428 g/mol. The van der Waals surface area contributed by atoms with Gasteiger partial charge in [-0.15, -0.1) is 0 Å². The summed E-state index contributed by atoms with van der Waals surface area (Å²) in [6.45, 7) is 5.45. The number of carboxylic acid groups (broad SMARTS) is 1. The Morgan fingerprint density at radius 1 is 1.28 bits per heavy atom. The molecule has 0 aromatic heterocycles. The first-order valence-electron chi connectivity index (χ1n) is 11.3. The molecule has 2 aliphatic heterocycles. The average molecular weight is 463 g/mol. The van der Waals surface area contributed by atoms with Gasteiger partial charge in [0.25, 0.3) is 0 Å². The third kappa shape index (κ3) is 6.02. The third-order valence-corrected chi connectivity index (χ3v) is 6.90. The topological polar surface area (TPSA) is 111 Å². The van der Waals surface area contributed by atoms with Gasteiger partial charge in [-0.2, -0.15) is 12.6 Å². The van der Waals surface area contributed by atoms with Gasteiger partial charge in [-0.05, 0) is 23.5 Å². The minimum absolute atomic E-state index is 0.0793. The molecule has 8 nitrogen and oxygen atoms in total. The summed E-state index contributed by atoms with van der Waals surface area (Å²) in [5, 5.41) is 18.6. The summed E-state index contributed by atoms with van der Waals surface area (Å²) in [4.78, 5) is 39.2. The number of carboxylic acids is 1. The number of amides is 2. The van der Waals surface area contributed by atoms with Crippen LogP contribution in [0.1, 0.15) is 37.8 Å². The van der Waals surface area contributed by atoms with Crippen LogP contribution in [0.2, 0.25) is 0 Å². The highest BCUT2D eigenvalue weighted by Crippen LogP contribution is 2.26. The lowest BCUT2D eigenvalue weighted by Crippen LogP contribution is -2.59. The molecular formula is C23H34N4O4S. The third-order valence-electron chi connectivity index (χ3n) is 6.51. The van der Waals surface area contributed by atoms with E-state index in [1.165, 1.54) is 0 Å². The molecule has 1 saturated heterocycles. The van der Waals surface area contributed by atoms with E-state index in [4.69, 9.17) is 5.11 Å². The number of benzene rings is 1. The molecule has 2 aliphatic rings. The van der Waals surface area contributed by atoms with Gasteiger partial charge < -0.3 is 26.0 Å². The first-order chi connectivity index (χ1) is 15.3. The average Bonchev–Trinajstić information content (AvgIpc) is 3.21. The SMILES string of the molecule is CCC(C)[C@H](NC[C@@H]1C[C@H](S)CN1)C(=O)N1Cc2ccccc2C[C@H]1C(=O)NCC(=O)O. The summed E-state index contributed by atoms with van der Waals surface area (Å²) in [5.74, 6) is -1.59. The summed E-state index contributed by atoms with van der Waals surface area (Å²) in [6.07, 6.45) is 2.12.